The minimum atomic E-state index is -0.230. The van der Waals surface area contributed by atoms with Crippen LogP contribution in [0.15, 0.2) is 18.2 Å². The number of rotatable bonds is 2. The number of morpholine rings is 1. The molecule has 1 saturated heterocycles. The van der Waals surface area contributed by atoms with Gasteiger partial charge < -0.3 is 14.7 Å². The monoisotopic (exact) mass is 249 g/mol. The Labute approximate surface area is 107 Å². The minimum absolute atomic E-state index is 0.0239. The van der Waals surface area contributed by atoms with E-state index in [1.54, 1.807) is 4.90 Å². The lowest BCUT2D eigenvalue weighted by atomic mass is 10.1. The molecule has 1 heterocycles. The van der Waals surface area contributed by atoms with Gasteiger partial charge in [-0.15, -0.1) is 0 Å². The highest BCUT2D eigenvalue weighted by Crippen LogP contribution is 2.15. The number of carbonyl (C=O) groups excluding carboxylic acids is 1. The number of benzene rings is 1. The lowest BCUT2D eigenvalue weighted by Crippen LogP contribution is -2.50. The summed E-state index contributed by atoms with van der Waals surface area (Å²) >= 11 is 0. The van der Waals surface area contributed by atoms with Gasteiger partial charge in [0.15, 0.2) is 0 Å². The SMILES string of the molecule is Cc1cc(C)cc(C(=O)N2CCOCC2CO)c1. The van der Waals surface area contributed by atoms with E-state index in [9.17, 15) is 9.90 Å². The molecule has 18 heavy (non-hydrogen) atoms. The molecule has 1 aliphatic rings. The van der Waals surface area contributed by atoms with Crippen LogP contribution in [0.25, 0.3) is 0 Å². The smallest absolute Gasteiger partial charge is 0.254 e. The number of ether oxygens (including phenoxy) is 1. The molecule has 0 saturated carbocycles. The van der Waals surface area contributed by atoms with Crippen molar-refractivity contribution in [2.75, 3.05) is 26.4 Å². The van der Waals surface area contributed by atoms with Crippen molar-refractivity contribution in [3.05, 3.63) is 34.9 Å². The average molecular weight is 249 g/mol. The zero-order valence-electron chi connectivity index (χ0n) is 10.8. The summed E-state index contributed by atoms with van der Waals surface area (Å²) in [7, 11) is 0. The van der Waals surface area contributed by atoms with E-state index in [2.05, 4.69) is 0 Å². The standard InChI is InChI=1S/C14H19NO3/c1-10-5-11(2)7-12(6-10)14(17)15-3-4-18-9-13(15)8-16/h5-7,13,16H,3-4,8-9H2,1-2H3. The molecule has 0 spiro atoms. The zero-order chi connectivity index (χ0) is 13.1. The second kappa shape index (κ2) is 5.50. The summed E-state index contributed by atoms with van der Waals surface area (Å²) in [6.45, 7) is 5.38. The van der Waals surface area contributed by atoms with Crippen LogP contribution < -0.4 is 0 Å². The van der Waals surface area contributed by atoms with Gasteiger partial charge in [-0.2, -0.15) is 0 Å². The van der Waals surface area contributed by atoms with Crippen LogP contribution in [-0.2, 0) is 4.74 Å². The third-order valence-corrected chi connectivity index (χ3v) is 3.17. The maximum Gasteiger partial charge on any atom is 0.254 e. The molecule has 4 nitrogen and oxygen atoms in total. The molecule has 1 aromatic rings. The molecule has 1 aromatic carbocycles. The summed E-state index contributed by atoms with van der Waals surface area (Å²) in [5.74, 6) is -0.0239. The van der Waals surface area contributed by atoms with Crippen LogP contribution in [0.1, 0.15) is 21.5 Å². The molecular formula is C14H19NO3. The molecule has 1 amide bonds. The number of amides is 1. The largest absolute Gasteiger partial charge is 0.394 e. The van der Waals surface area contributed by atoms with Gasteiger partial charge in [-0.05, 0) is 26.0 Å². The Balaban J connectivity index is 2.23. The Bertz CT molecular complexity index is 424. The first kappa shape index (κ1) is 13.1. The molecule has 1 aliphatic heterocycles. The van der Waals surface area contributed by atoms with E-state index in [0.29, 0.717) is 25.3 Å². The van der Waals surface area contributed by atoms with E-state index in [1.807, 2.05) is 32.0 Å². The van der Waals surface area contributed by atoms with Crippen LogP contribution in [0.2, 0.25) is 0 Å². The van der Waals surface area contributed by atoms with Crippen molar-refractivity contribution in [3.63, 3.8) is 0 Å². The minimum Gasteiger partial charge on any atom is -0.394 e. The number of hydrogen-bond donors (Lipinski definition) is 1. The summed E-state index contributed by atoms with van der Waals surface area (Å²) < 4.78 is 5.28. The van der Waals surface area contributed by atoms with Crippen molar-refractivity contribution >= 4 is 5.91 Å². The van der Waals surface area contributed by atoms with E-state index in [-0.39, 0.29) is 18.6 Å². The summed E-state index contributed by atoms with van der Waals surface area (Å²) in [6, 6.07) is 5.59. The van der Waals surface area contributed by atoms with Crippen molar-refractivity contribution in [2.45, 2.75) is 19.9 Å². The Morgan fingerprint density at radius 1 is 1.39 bits per heavy atom. The average Bonchev–Trinajstić information content (AvgIpc) is 2.36. The molecule has 2 rings (SSSR count). The van der Waals surface area contributed by atoms with Gasteiger partial charge >= 0.3 is 0 Å². The fourth-order valence-electron chi connectivity index (χ4n) is 2.34. The van der Waals surface area contributed by atoms with Gasteiger partial charge in [0.25, 0.3) is 5.91 Å². The highest BCUT2D eigenvalue weighted by Gasteiger charge is 2.27. The molecule has 1 unspecified atom stereocenters. The Kier molecular flexibility index (Phi) is 3.99. The summed E-state index contributed by atoms with van der Waals surface area (Å²) in [5, 5.41) is 9.29. The van der Waals surface area contributed by atoms with Crippen LogP contribution >= 0.6 is 0 Å². The molecule has 1 fully saturated rings. The van der Waals surface area contributed by atoms with Crippen LogP contribution in [0.5, 0.6) is 0 Å². The van der Waals surface area contributed by atoms with Gasteiger partial charge in [0, 0.05) is 12.1 Å². The lowest BCUT2D eigenvalue weighted by molar-refractivity contribution is -0.0184. The van der Waals surface area contributed by atoms with Gasteiger partial charge in [-0.25, -0.2) is 0 Å². The highest BCUT2D eigenvalue weighted by molar-refractivity contribution is 5.95. The highest BCUT2D eigenvalue weighted by atomic mass is 16.5. The quantitative estimate of drug-likeness (QED) is 0.855. The van der Waals surface area contributed by atoms with Crippen molar-refractivity contribution < 1.29 is 14.6 Å². The lowest BCUT2D eigenvalue weighted by Gasteiger charge is -2.34. The maximum absolute atomic E-state index is 12.4. The van der Waals surface area contributed by atoms with Crippen molar-refractivity contribution in [2.24, 2.45) is 0 Å². The van der Waals surface area contributed by atoms with E-state index in [4.69, 9.17) is 4.74 Å². The third-order valence-electron chi connectivity index (χ3n) is 3.17. The first-order valence-corrected chi connectivity index (χ1v) is 6.19. The molecular weight excluding hydrogens is 230 g/mol. The van der Waals surface area contributed by atoms with E-state index in [1.165, 1.54) is 0 Å². The van der Waals surface area contributed by atoms with Crippen molar-refractivity contribution in [1.82, 2.24) is 4.90 Å². The molecule has 0 aromatic heterocycles. The number of hydrogen-bond acceptors (Lipinski definition) is 3. The second-order valence-corrected chi connectivity index (χ2v) is 4.79. The van der Waals surface area contributed by atoms with Gasteiger partial charge in [0.05, 0.1) is 25.9 Å². The summed E-state index contributed by atoms with van der Waals surface area (Å²) in [4.78, 5) is 14.1. The Morgan fingerprint density at radius 3 is 2.67 bits per heavy atom. The van der Waals surface area contributed by atoms with Gasteiger partial charge in [0.1, 0.15) is 0 Å². The Morgan fingerprint density at radius 2 is 2.06 bits per heavy atom. The predicted octanol–water partition coefficient (Wildman–Crippen LogP) is 1.14. The molecule has 1 atom stereocenters. The predicted molar refractivity (Wildman–Crippen MR) is 68.6 cm³/mol. The van der Waals surface area contributed by atoms with Crippen LogP contribution in [0.3, 0.4) is 0 Å². The van der Waals surface area contributed by atoms with Crippen molar-refractivity contribution in [1.29, 1.82) is 0 Å². The van der Waals surface area contributed by atoms with Gasteiger partial charge in [-0.1, -0.05) is 17.2 Å². The van der Waals surface area contributed by atoms with Crippen LogP contribution in [0, 0.1) is 13.8 Å². The number of carbonyl (C=O) groups is 1. The fraction of sp³-hybridized carbons (Fsp3) is 0.500. The molecule has 1 N–H and O–H groups in total. The Hall–Kier alpha value is -1.39. The summed E-state index contributed by atoms with van der Waals surface area (Å²) in [6.07, 6.45) is 0. The van der Waals surface area contributed by atoms with Crippen LogP contribution in [-0.4, -0.2) is 48.3 Å². The topological polar surface area (TPSA) is 49.8 Å². The molecule has 0 aliphatic carbocycles. The number of aliphatic hydroxyl groups is 1. The summed E-state index contributed by atoms with van der Waals surface area (Å²) in [5.41, 5.74) is 2.84. The second-order valence-electron chi connectivity index (χ2n) is 4.79. The van der Waals surface area contributed by atoms with E-state index >= 15 is 0 Å². The van der Waals surface area contributed by atoms with Gasteiger partial charge in [0.2, 0.25) is 0 Å². The number of aliphatic hydroxyl groups excluding tert-OH is 1. The van der Waals surface area contributed by atoms with E-state index < -0.39 is 0 Å². The van der Waals surface area contributed by atoms with E-state index in [0.717, 1.165) is 11.1 Å². The molecule has 0 radical (unpaired) electrons. The zero-order valence-corrected chi connectivity index (χ0v) is 10.8. The van der Waals surface area contributed by atoms with Crippen LogP contribution in [0.4, 0.5) is 0 Å². The fourth-order valence-corrected chi connectivity index (χ4v) is 2.34. The first-order chi connectivity index (χ1) is 8.61. The van der Waals surface area contributed by atoms with Gasteiger partial charge in [-0.3, -0.25) is 4.79 Å². The molecule has 98 valence electrons. The number of aryl methyl sites for hydroxylation is 2. The molecule has 4 heteroatoms. The van der Waals surface area contributed by atoms with Crippen molar-refractivity contribution in [3.8, 4) is 0 Å². The maximum atomic E-state index is 12.4. The first-order valence-electron chi connectivity index (χ1n) is 6.19. The molecule has 0 bridgehead atoms. The number of nitrogens with zero attached hydrogens (tertiary/aromatic N) is 1. The third kappa shape index (κ3) is 2.71. The normalized spacial score (nSPS) is 19.9.